The van der Waals surface area contributed by atoms with E-state index in [1.165, 1.54) is 7.05 Å². The van der Waals surface area contributed by atoms with Gasteiger partial charge in [0.25, 0.3) is 5.56 Å². The van der Waals surface area contributed by atoms with Gasteiger partial charge in [0.2, 0.25) is 0 Å². The van der Waals surface area contributed by atoms with Crippen molar-refractivity contribution in [1.82, 2.24) is 19.1 Å². The van der Waals surface area contributed by atoms with Crippen molar-refractivity contribution in [2.75, 3.05) is 51.0 Å². The number of anilines is 1. The Hall–Kier alpha value is -2.86. The average Bonchev–Trinajstić information content (AvgIpc) is 2.82. The van der Waals surface area contributed by atoms with Gasteiger partial charge in [0.15, 0.2) is 11.5 Å². The lowest BCUT2D eigenvalue weighted by Crippen LogP contribution is -2.37. The van der Waals surface area contributed by atoms with Gasteiger partial charge in [-0.25, -0.2) is 9.78 Å². The normalized spacial score (nSPS) is 15.5. The lowest BCUT2D eigenvalue weighted by atomic mass is 10.2. The van der Waals surface area contributed by atoms with Crippen molar-refractivity contribution in [2.24, 2.45) is 7.05 Å². The molecule has 0 aliphatic carbocycles. The summed E-state index contributed by atoms with van der Waals surface area (Å²) < 4.78 is 13.6. The highest BCUT2D eigenvalue weighted by molar-refractivity contribution is 5.83. The summed E-state index contributed by atoms with van der Waals surface area (Å²) in [5.74, 6) is 0.236. The van der Waals surface area contributed by atoms with Crippen LogP contribution in [-0.4, -0.2) is 81.5 Å². The highest BCUT2D eigenvalue weighted by Gasteiger charge is 2.21. The molecule has 32 heavy (non-hydrogen) atoms. The second-order valence-corrected chi connectivity index (χ2v) is 7.73. The van der Waals surface area contributed by atoms with Crippen LogP contribution >= 0.6 is 0 Å². The van der Waals surface area contributed by atoms with Crippen LogP contribution in [0.15, 0.2) is 27.8 Å². The Bertz CT molecular complexity index is 1170. The van der Waals surface area contributed by atoms with Crippen LogP contribution in [-0.2, 0) is 23.1 Å². The zero-order valence-electron chi connectivity index (χ0n) is 17.9. The second-order valence-electron chi connectivity index (χ2n) is 7.73. The number of morpholine rings is 1. The van der Waals surface area contributed by atoms with E-state index in [4.69, 9.17) is 14.6 Å². The second kappa shape index (κ2) is 9.74. The van der Waals surface area contributed by atoms with Crippen molar-refractivity contribution in [3.05, 3.63) is 39.0 Å². The number of aliphatic hydroxyl groups excluding tert-OH is 2. The predicted octanol–water partition coefficient (Wildman–Crippen LogP) is -0.808. The van der Waals surface area contributed by atoms with Gasteiger partial charge in [0, 0.05) is 39.0 Å². The molecule has 0 aromatic heterocycles. The molecule has 2 N–H and O–H groups in total. The van der Waals surface area contributed by atoms with Gasteiger partial charge >= 0.3 is 5.69 Å². The SMILES string of the molecule is Cn1c(=O)nc2n(CCCOCC(O)CO)c3cc(N4CCOCC4)ccc3nc-2c1=O. The van der Waals surface area contributed by atoms with Gasteiger partial charge in [-0.15, -0.1) is 0 Å². The summed E-state index contributed by atoms with van der Waals surface area (Å²) >= 11 is 0. The Kier molecular flexibility index (Phi) is 6.80. The third-order valence-electron chi connectivity index (χ3n) is 5.51. The van der Waals surface area contributed by atoms with Gasteiger partial charge in [-0.05, 0) is 24.6 Å². The summed E-state index contributed by atoms with van der Waals surface area (Å²) in [5, 5.41) is 18.3. The first-order chi connectivity index (χ1) is 15.5. The molecule has 0 spiro atoms. The molecule has 1 unspecified atom stereocenters. The van der Waals surface area contributed by atoms with Crippen molar-refractivity contribution in [1.29, 1.82) is 0 Å². The Balaban J connectivity index is 1.74. The van der Waals surface area contributed by atoms with E-state index in [1.54, 1.807) is 0 Å². The van der Waals surface area contributed by atoms with Gasteiger partial charge in [0.05, 0.1) is 37.5 Å². The monoisotopic (exact) mass is 445 g/mol. The van der Waals surface area contributed by atoms with Crippen LogP contribution in [0.2, 0.25) is 0 Å². The van der Waals surface area contributed by atoms with E-state index in [0.29, 0.717) is 38.3 Å². The van der Waals surface area contributed by atoms with E-state index in [0.717, 1.165) is 28.9 Å². The number of aryl methyl sites for hydroxylation is 1. The molecule has 0 amide bonds. The first kappa shape index (κ1) is 22.3. The lowest BCUT2D eigenvalue weighted by molar-refractivity contribution is 0.00503. The summed E-state index contributed by atoms with van der Waals surface area (Å²) in [4.78, 5) is 35.8. The summed E-state index contributed by atoms with van der Waals surface area (Å²) in [5.41, 5.74) is 1.40. The number of aliphatic hydroxyl groups is 2. The van der Waals surface area contributed by atoms with E-state index in [9.17, 15) is 14.7 Å². The fourth-order valence-corrected chi connectivity index (χ4v) is 3.74. The molecule has 3 heterocycles. The van der Waals surface area contributed by atoms with Crippen LogP contribution in [0.1, 0.15) is 6.42 Å². The number of nitrogens with zero attached hydrogens (tertiary/aromatic N) is 5. The average molecular weight is 445 g/mol. The number of fused-ring (bicyclic) bond motifs is 2. The zero-order valence-corrected chi connectivity index (χ0v) is 17.9. The number of rotatable bonds is 8. The minimum Gasteiger partial charge on any atom is -0.394 e. The first-order valence-electron chi connectivity index (χ1n) is 10.6. The molecule has 0 radical (unpaired) electrons. The Morgan fingerprint density at radius 1 is 1.22 bits per heavy atom. The van der Waals surface area contributed by atoms with Crippen LogP contribution in [0.25, 0.3) is 22.6 Å². The summed E-state index contributed by atoms with van der Waals surface area (Å²) in [7, 11) is 1.38. The summed E-state index contributed by atoms with van der Waals surface area (Å²) in [6, 6.07) is 5.83. The number of hydrogen-bond donors (Lipinski definition) is 2. The van der Waals surface area contributed by atoms with Crippen LogP contribution in [0, 0.1) is 0 Å². The van der Waals surface area contributed by atoms with Gasteiger partial charge in [-0.3, -0.25) is 9.36 Å². The molecule has 1 saturated heterocycles. The molecule has 0 saturated carbocycles. The van der Waals surface area contributed by atoms with E-state index in [-0.39, 0.29) is 24.7 Å². The maximum Gasteiger partial charge on any atom is 0.352 e. The lowest BCUT2D eigenvalue weighted by Gasteiger charge is -2.29. The fourth-order valence-electron chi connectivity index (χ4n) is 3.74. The molecular weight excluding hydrogens is 418 g/mol. The molecule has 1 fully saturated rings. The Labute approximate surface area is 183 Å². The minimum absolute atomic E-state index is 0.0314. The molecular formula is C21H27N5O6. The molecule has 11 nitrogen and oxygen atoms in total. The largest absolute Gasteiger partial charge is 0.394 e. The van der Waals surface area contributed by atoms with Crippen LogP contribution in [0.5, 0.6) is 0 Å². The fraction of sp³-hybridized carbons (Fsp3) is 0.524. The highest BCUT2D eigenvalue weighted by Crippen LogP contribution is 2.26. The summed E-state index contributed by atoms with van der Waals surface area (Å²) in [6.45, 7) is 3.28. The molecule has 4 rings (SSSR count). The Morgan fingerprint density at radius 3 is 2.75 bits per heavy atom. The standard InChI is InChI=1S/C21H27N5O6/c1-24-20(29)18-19(23-21(24)30)26(5-2-8-32-13-15(28)12-27)17-11-14(3-4-16(17)22-18)25-6-9-31-10-7-25/h3-4,11,15,27-28H,2,5-10,12-13H2,1H3. The maximum atomic E-state index is 12.7. The van der Waals surface area contributed by atoms with Crippen LogP contribution in [0.4, 0.5) is 5.69 Å². The van der Waals surface area contributed by atoms with E-state index in [1.807, 2.05) is 22.8 Å². The van der Waals surface area contributed by atoms with Crippen molar-refractivity contribution in [3.8, 4) is 11.5 Å². The van der Waals surface area contributed by atoms with Gasteiger partial charge in [0.1, 0.15) is 6.10 Å². The van der Waals surface area contributed by atoms with Crippen LogP contribution in [0.3, 0.4) is 0 Å². The van der Waals surface area contributed by atoms with Gasteiger partial charge in [-0.2, -0.15) is 4.98 Å². The number of hydrogen-bond acceptors (Lipinski definition) is 9. The highest BCUT2D eigenvalue weighted by atomic mass is 16.5. The molecule has 1 aromatic rings. The van der Waals surface area contributed by atoms with E-state index >= 15 is 0 Å². The van der Waals surface area contributed by atoms with Crippen molar-refractivity contribution >= 4 is 16.7 Å². The number of ether oxygens (including phenoxy) is 2. The molecule has 11 heteroatoms. The van der Waals surface area contributed by atoms with Crippen molar-refractivity contribution in [2.45, 2.75) is 19.1 Å². The molecule has 3 aliphatic heterocycles. The molecule has 172 valence electrons. The van der Waals surface area contributed by atoms with Crippen molar-refractivity contribution < 1.29 is 19.7 Å². The third-order valence-corrected chi connectivity index (χ3v) is 5.51. The zero-order chi connectivity index (χ0) is 22.7. The topological polar surface area (TPSA) is 132 Å². The number of aromatic nitrogens is 4. The summed E-state index contributed by atoms with van der Waals surface area (Å²) in [6.07, 6.45) is -0.377. The van der Waals surface area contributed by atoms with Crippen LogP contribution < -0.4 is 16.1 Å². The molecule has 0 bridgehead atoms. The van der Waals surface area contributed by atoms with Gasteiger partial charge in [-0.1, -0.05) is 0 Å². The van der Waals surface area contributed by atoms with E-state index in [2.05, 4.69) is 14.9 Å². The van der Waals surface area contributed by atoms with E-state index < -0.39 is 17.4 Å². The number of benzene rings is 1. The molecule has 1 aromatic carbocycles. The van der Waals surface area contributed by atoms with Gasteiger partial charge < -0.3 is 29.2 Å². The first-order valence-corrected chi connectivity index (χ1v) is 10.6. The smallest absolute Gasteiger partial charge is 0.352 e. The molecule has 3 aliphatic rings. The quantitative estimate of drug-likeness (QED) is 0.337. The minimum atomic E-state index is -0.922. The Morgan fingerprint density at radius 2 is 2.00 bits per heavy atom. The molecule has 1 atom stereocenters. The third kappa shape index (κ3) is 4.51. The predicted molar refractivity (Wildman–Crippen MR) is 117 cm³/mol. The maximum absolute atomic E-state index is 12.7. The van der Waals surface area contributed by atoms with Crippen molar-refractivity contribution in [3.63, 3.8) is 0 Å².